The van der Waals surface area contributed by atoms with Crippen molar-refractivity contribution < 1.29 is 4.79 Å². The molecule has 0 heterocycles. The molecule has 0 aliphatic carbocycles. The molecule has 1 aromatic carbocycles. The van der Waals surface area contributed by atoms with Crippen molar-refractivity contribution in [2.45, 2.75) is 0 Å². The van der Waals surface area contributed by atoms with E-state index in [1.165, 1.54) is 0 Å². The Labute approximate surface area is 75.9 Å². The molecule has 1 rings (SSSR count). The highest BCUT2D eigenvalue weighted by Gasteiger charge is 2.04. The van der Waals surface area contributed by atoms with Gasteiger partial charge in [0.05, 0.1) is 18.2 Å². The number of benzene rings is 1. The van der Waals surface area contributed by atoms with Gasteiger partial charge in [0.15, 0.2) is 5.78 Å². The number of hydrazine groups is 1. The van der Waals surface area contributed by atoms with E-state index in [1.54, 1.807) is 24.3 Å². The Bertz CT molecular complexity index is 354. The number of ketones is 1. The molecule has 0 fully saturated rings. The van der Waals surface area contributed by atoms with Crippen LogP contribution in [0.4, 0.5) is 0 Å². The highest BCUT2D eigenvalue weighted by Crippen LogP contribution is 2.04. The third-order valence-electron chi connectivity index (χ3n) is 1.58. The first kappa shape index (κ1) is 9.39. The molecule has 0 spiro atoms. The minimum absolute atomic E-state index is 0.0783. The molecule has 0 atom stereocenters. The second-order valence-electron chi connectivity index (χ2n) is 2.50. The Morgan fingerprint density at radius 3 is 3.00 bits per heavy atom. The monoisotopic (exact) mass is 175 g/mol. The summed E-state index contributed by atoms with van der Waals surface area (Å²) in [6.07, 6.45) is 0. The molecular formula is C9H9N3O. The summed E-state index contributed by atoms with van der Waals surface area (Å²) in [4.78, 5) is 11.3. The molecule has 1 aromatic rings. The Kier molecular flexibility index (Phi) is 3.15. The molecular weight excluding hydrogens is 166 g/mol. The number of hydrogen-bond acceptors (Lipinski definition) is 4. The molecule has 3 N–H and O–H groups in total. The van der Waals surface area contributed by atoms with Gasteiger partial charge in [-0.25, -0.2) is 0 Å². The van der Waals surface area contributed by atoms with Gasteiger partial charge in [0.1, 0.15) is 0 Å². The largest absolute Gasteiger partial charge is 0.293 e. The molecule has 0 aliphatic rings. The van der Waals surface area contributed by atoms with E-state index in [1.807, 2.05) is 6.07 Å². The van der Waals surface area contributed by atoms with Crippen molar-refractivity contribution in [2.24, 2.45) is 5.84 Å². The molecule has 0 aromatic heterocycles. The minimum atomic E-state index is -0.125. The number of nitrogens with zero attached hydrogens (tertiary/aromatic N) is 1. The molecule has 4 heteroatoms. The van der Waals surface area contributed by atoms with Gasteiger partial charge in [0.25, 0.3) is 0 Å². The smallest absolute Gasteiger partial charge is 0.178 e. The number of Topliss-reactive ketones (excluding diaryl/α,β-unsaturated/α-hetero) is 1. The Balaban J connectivity index is 2.90. The third kappa shape index (κ3) is 2.37. The van der Waals surface area contributed by atoms with Gasteiger partial charge in [-0.15, -0.1) is 0 Å². The summed E-state index contributed by atoms with van der Waals surface area (Å²) in [5, 5.41) is 8.57. The van der Waals surface area contributed by atoms with Crippen molar-refractivity contribution in [3.63, 3.8) is 0 Å². The summed E-state index contributed by atoms with van der Waals surface area (Å²) in [6, 6.07) is 8.47. The average molecular weight is 175 g/mol. The van der Waals surface area contributed by atoms with Gasteiger partial charge in [-0.2, -0.15) is 5.26 Å². The van der Waals surface area contributed by atoms with Crippen molar-refractivity contribution in [1.82, 2.24) is 5.43 Å². The average Bonchev–Trinajstić information content (AvgIpc) is 2.18. The molecule has 0 radical (unpaired) electrons. The second-order valence-corrected chi connectivity index (χ2v) is 2.50. The van der Waals surface area contributed by atoms with Crippen molar-refractivity contribution >= 4 is 5.78 Å². The van der Waals surface area contributed by atoms with E-state index in [9.17, 15) is 4.79 Å². The van der Waals surface area contributed by atoms with Gasteiger partial charge in [-0.05, 0) is 12.1 Å². The number of nitriles is 1. The minimum Gasteiger partial charge on any atom is -0.293 e. The van der Waals surface area contributed by atoms with Gasteiger partial charge in [0, 0.05) is 5.56 Å². The van der Waals surface area contributed by atoms with Gasteiger partial charge in [-0.1, -0.05) is 12.1 Å². The van der Waals surface area contributed by atoms with Crippen molar-refractivity contribution in [1.29, 1.82) is 5.26 Å². The van der Waals surface area contributed by atoms with Crippen LogP contribution in [-0.2, 0) is 0 Å². The quantitative estimate of drug-likeness (QED) is 0.391. The highest BCUT2D eigenvalue weighted by molar-refractivity contribution is 5.97. The number of hydrogen-bond donors (Lipinski definition) is 2. The van der Waals surface area contributed by atoms with Crippen LogP contribution < -0.4 is 11.3 Å². The van der Waals surface area contributed by atoms with E-state index in [0.29, 0.717) is 11.1 Å². The predicted molar refractivity (Wildman–Crippen MR) is 47.7 cm³/mol. The summed E-state index contributed by atoms with van der Waals surface area (Å²) >= 11 is 0. The lowest BCUT2D eigenvalue weighted by molar-refractivity contribution is 0.0991. The number of nitrogens with one attached hydrogen (secondary N) is 1. The van der Waals surface area contributed by atoms with Crippen LogP contribution in [0, 0.1) is 11.3 Å². The fourth-order valence-corrected chi connectivity index (χ4v) is 0.957. The van der Waals surface area contributed by atoms with Crippen LogP contribution in [0.5, 0.6) is 0 Å². The molecule has 13 heavy (non-hydrogen) atoms. The summed E-state index contributed by atoms with van der Waals surface area (Å²) in [5.74, 6) is 4.88. The van der Waals surface area contributed by atoms with Gasteiger partial charge >= 0.3 is 0 Å². The second kappa shape index (κ2) is 4.36. The summed E-state index contributed by atoms with van der Waals surface area (Å²) < 4.78 is 0. The van der Waals surface area contributed by atoms with Crippen LogP contribution in [-0.4, -0.2) is 12.3 Å². The van der Waals surface area contributed by atoms with Gasteiger partial charge < -0.3 is 0 Å². The standard InChI is InChI=1S/C9H9N3O/c10-5-7-2-1-3-8(4-7)9(13)6-12-11/h1-4,12H,6,11H2. The van der Waals surface area contributed by atoms with Crippen molar-refractivity contribution in [3.8, 4) is 6.07 Å². The van der Waals surface area contributed by atoms with Crippen LogP contribution in [0.1, 0.15) is 15.9 Å². The summed E-state index contributed by atoms with van der Waals surface area (Å²) in [6.45, 7) is 0.0783. The van der Waals surface area contributed by atoms with Crippen LogP contribution in [0.25, 0.3) is 0 Å². The number of carbonyl (C=O) groups excluding carboxylic acids is 1. The van der Waals surface area contributed by atoms with Crippen molar-refractivity contribution in [2.75, 3.05) is 6.54 Å². The van der Waals surface area contributed by atoms with E-state index >= 15 is 0 Å². The Morgan fingerprint density at radius 1 is 1.62 bits per heavy atom. The third-order valence-corrected chi connectivity index (χ3v) is 1.58. The normalized spacial score (nSPS) is 9.23. The van der Waals surface area contributed by atoms with E-state index in [2.05, 4.69) is 5.43 Å². The summed E-state index contributed by atoms with van der Waals surface area (Å²) in [5.41, 5.74) is 3.24. The van der Waals surface area contributed by atoms with Crippen molar-refractivity contribution in [3.05, 3.63) is 35.4 Å². The molecule has 0 unspecified atom stereocenters. The zero-order valence-corrected chi connectivity index (χ0v) is 6.95. The van der Waals surface area contributed by atoms with E-state index < -0.39 is 0 Å². The summed E-state index contributed by atoms with van der Waals surface area (Å²) in [7, 11) is 0. The fraction of sp³-hybridized carbons (Fsp3) is 0.111. The van der Waals surface area contributed by atoms with E-state index in [-0.39, 0.29) is 12.3 Å². The SMILES string of the molecule is N#Cc1cccc(C(=O)CNN)c1. The molecule has 0 bridgehead atoms. The number of carbonyl (C=O) groups is 1. The van der Waals surface area contributed by atoms with Crippen LogP contribution in [0.2, 0.25) is 0 Å². The fourth-order valence-electron chi connectivity index (χ4n) is 0.957. The molecule has 0 amide bonds. The number of rotatable bonds is 3. The number of nitrogens with two attached hydrogens (primary N) is 1. The van der Waals surface area contributed by atoms with Gasteiger partial charge in [0.2, 0.25) is 0 Å². The predicted octanol–water partition coefficient (Wildman–Crippen LogP) is 0.204. The van der Waals surface area contributed by atoms with Crippen LogP contribution in [0.3, 0.4) is 0 Å². The first-order valence-corrected chi connectivity index (χ1v) is 3.74. The molecule has 0 saturated heterocycles. The van der Waals surface area contributed by atoms with Gasteiger partial charge in [-0.3, -0.25) is 16.1 Å². The Morgan fingerprint density at radius 2 is 2.38 bits per heavy atom. The topological polar surface area (TPSA) is 78.9 Å². The van der Waals surface area contributed by atoms with E-state index in [0.717, 1.165) is 0 Å². The molecule has 0 aliphatic heterocycles. The maximum absolute atomic E-state index is 11.3. The molecule has 66 valence electrons. The van der Waals surface area contributed by atoms with Crippen LogP contribution >= 0.6 is 0 Å². The molecule has 0 saturated carbocycles. The first-order valence-electron chi connectivity index (χ1n) is 3.74. The first-order chi connectivity index (χ1) is 6.27. The maximum atomic E-state index is 11.3. The van der Waals surface area contributed by atoms with Crippen LogP contribution in [0.15, 0.2) is 24.3 Å². The Hall–Kier alpha value is -1.70. The lowest BCUT2D eigenvalue weighted by Crippen LogP contribution is -2.28. The maximum Gasteiger partial charge on any atom is 0.178 e. The lowest BCUT2D eigenvalue weighted by Gasteiger charge is -1.99. The zero-order valence-electron chi connectivity index (χ0n) is 6.95. The highest BCUT2D eigenvalue weighted by atomic mass is 16.1. The molecule has 4 nitrogen and oxygen atoms in total. The van der Waals surface area contributed by atoms with E-state index in [4.69, 9.17) is 11.1 Å². The zero-order chi connectivity index (χ0) is 9.68. The lowest BCUT2D eigenvalue weighted by atomic mass is 10.1.